The van der Waals surface area contributed by atoms with Crippen molar-refractivity contribution in [2.45, 2.75) is 6.92 Å². The van der Waals surface area contributed by atoms with E-state index in [0.29, 0.717) is 17.9 Å². The van der Waals surface area contributed by atoms with Crippen molar-refractivity contribution in [3.8, 4) is 5.75 Å². The highest BCUT2D eigenvalue weighted by Crippen LogP contribution is 2.11. The van der Waals surface area contributed by atoms with Gasteiger partial charge in [0.25, 0.3) is 11.8 Å². The largest absolute Gasteiger partial charge is 0.494 e. The molecule has 98 valence electrons. The first kappa shape index (κ1) is 14.0. The molecule has 0 spiro atoms. The van der Waals surface area contributed by atoms with Gasteiger partial charge in [-0.3, -0.25) is 14.4 Å². The number of carbonyl (C=O) groups is 2. The Morgan fingerprint density at radius 3 is 2.44 bits per heavy atom. The maximum absolute atomic E-state index is 11.6. The Morgan fingerprint density at radius 2 is 1.89 bits per heavy atom. The van der Waals surface area contributed by atoms with Gasteiger partial charge in [-0.2, -0.15) is 0 Å². The maximum Gasteiger partial charge on any atom is 0.262 e. The van der Waals surface area contributed by atoms with Crippen molar-refractivity contribution in [2.24, 2.45) is 0 Å². The molecule has 1 aromatic rings. The van der Waals surface area contributed by atoms with Crippen LogP contribution >= 0.6 is 0 Å². The molecule has 0 fully saturated rings. The predicted molar refractivity (Wildman–Crippen MR) is 65.1 cm³/mol. The number of hydroxylamine groups is 1. The minimum absolute atomic E-state index is 0.139. The fourth-order valence-corrected chi connectivity index (χ4v) is 1.28. The van der Waals surface area contributed by atoms with Crippen LogP contribution < -0.4 is 15.5 Å². The molecule has 0 aliphatic rings. The molecule has 6 nitrogen and oxygen atoms in total. The molecule has 0 saturated carbocycles. The Bertz CT molecular complexity index is 403. The smallest absolute Gasteiger partial charge is 0.262 e. The average Bonchev–Trinajstić information content (AvgIpc) is 2.37. The van der Waals surface area contributed by atoms with Crippen molar-refractivity contribution in [3.63, 3.8) is 0 Å². The number of carbonyl (C=O) groups excluding carboxylic acids is 2. The van der Waals surface area contributed by atoms with E-state index < -0.39 is 5.91 Å². The van der Waals surface area contributed by atoms with Gasteiger partial charge >= 0.3 is 0 Å². The Kier molecular flexibility index (Phi) is 5.66. The molecule has 1 rings (SSSR count). The van der Waals surface area contributed by atoms with E-state index in [-0.39, 0.29) is 12.5 Å². The van der Waals surface area contributed by atoms with Crippen LogP contribution in [0.3, 0.4) is 0 Å². The van der Waals surface area contributed by atoms with Crippen molar-refractivity contribution in [1.82, 2.24) is 10.8 Å². The van der Waals surface area contributed by atoms with Crippen molar-refractivity contribution in [1.29, 1.82) is 0 Å². The van der Waals surface area contributed by atoms with Gasteiger partial charge in [-0.05, 0) is 31.2 Å². The number of ether oxygens (including phenoxy) is 1. The molecular weight excluding hydrogens is 236 g/mol. The second-order valence-corrected chi connectivity index (χ2v) is 3.37. The van der Waals surface area contributed by atoms with Crippen LogP contribution in [0.25, 0.3) is 0 Å². The minimum Gasteiger partial charge on any atom is -0.494 e. The lowest BCUT2D eigenvalue weighted by atomic mass is 10.2. The highest BCUT2D eigenvalue weighted by atomic mass is 16.6. The van der Waals surface area contributed by atoms with Crippen LogP contribution in [-0.4, -0.2) is 32.1 Å². The normalized spacial score (nSPS) is 9.67. The molecule has 18 heavy (non-hydrogen) atoms. The third-order valence-corrected chi connectivity index (χ3v) is 2.05. The first-order chi connectivity index (χ1) is 8.67. The van der Waals surface area contributed by atoms with Gasteiger partial charge in [0.15, 0.2) is 0 Å². The maximum atomic E-state index is 11.6. The van der Waals surface area contributed by atoms with Gasteiger partial charge in [-0.15, -0.1) is 0 Å². The van der Waals surface area contributed by atoms with E-state index in [4.69, 9.17) is 4.74 Å². The second kappa shape index (κ2) is 7.29. The molecule has 2 amide bonds. The highest BCUT2D eigenvalue weighted by molar-refractivity contribution is 5.96. The third-order valence-electron chi connectivity index (χ3n) is 2.05. The van der Waals surface area contributed by atoms with E-state index >= 15 is 0 Å². The lowest BCUT2D eigenvalue weighted by molar-refractivity contribution is -0.130. The first-order valence-electron chi connectivity index (χ1n) is 5.50. The number of hydrogen-bond donors (Lipinski definition) is 2. The van der Waals surface area contributed by atoms with Gasteiger partial charge in [0.2, 0.25) is 0 Å². The Balaban J connectivity index is 2.48. The van der Waals surface area contributed by atoms with Gasteiger partial charge in [0, 0.05) is 5.56 Å². The molecule has 0 radical (unpaired) electrons. The second-order valence-electron chi connectivity index (χ2n) is 3.37. The zero-order valence-corrected chi connectivity index (χ0v) is 10.4. The summed E-state index contributed by atoms with van der Waals surface area (Å²) in [6.45, 7) is 2.32. The molecule has 0 atom stereocenters. The molecule has 0 aliphatic carbocycles. The SMILES string of the molecule is CCOc1ccc(C(=O)NCC(=O)NOC)cc1. The molecule has 0 bridgehead atoms. The van der Waals surface area contributed by atoms with Gasteiger partial charge in [-0.25, -0.2) is 5.48 Å². The van der Waals surface area contributed by atoms with E-state index in [2.05, 4.69) is 15.6 Å². The number of hydrogen-bond acceptors (Lipinski definition) is 4. The minimum atomic E-state index is -0.420. The molecular formula is C12H16N2O4. The first-order valence-corrected chi connectivity index (χ1v) is 5.50. The fraction of sp³-hybridized carbons (Fsp3) is 0.333. The summed E-state index contributed by atoms with van der Waals surface area (Å²) in [5.74, 6) is -0.0488. The van der Waals surface area contributed by atoms with Crippen LogP contribution in [-0.2, 0) is 9.63 Å². The van der Waals surface area contributed by atoms with E-state index in [1.54, 1.807) is 24.3 Å². The average molecular weight is 252 g/mol. The third kappa shape index (κ3) is 4.42. The standard InChI is InChI=1S/C12H16N2O4/c1-3-18-10-6-4-9(5-7-10)12(16)13-8-11(15)14-17-2/h4-7H,3,8H2,1-2H3,(H,13,16)(H,14,15). The predicted octanol–water partition coefficient (Wildman–Crippen LogP) is 0.493. The zero-order valence-electron chi connectivity index (χ0n) is 10.4. The van der Waals surface area contributed by atoms with Crippen LogP contribution in [0.4, 0.5) is 0 Å². The summed E-state index contributed by atoms with van der Waals surface area (Å²) in [5.41, 5.74) is 2.57. The highest BCUT2D eigenvalue weighted by Gasteiger charge is 2.07. The van der Waals surface area contributed by atoms with E-state index in [9.17, 15) is 9.59 Å². The van der Waals surface area contributed by atoms with E-state index in [0.717, 1.165) is 0 Å². The van der Waals surface area contributed by atoms with Crippen molar-refractivity contribution < 1.29 is 19.2 Å². The van der Waals surface area contributed by atoms with Gasteiger partial charge in [0.05, 0.1) is 20.3 Å². The van der Waals surface area contributed by atoms with Gasteiger partial charge in [-0.1, -0.05) is 0 Å². The molecule has 0 unspecified atom stereocenters. The Labute approximate surface area is 105 Å². The van der Waals surface area contributed by atoms with E-state index in [1.807, 2.05) is 6.92 Å². The van der Waals surface area contributed by atoms with Crippen LogP contribution in [0.1, 0.15) is 17.3 Å². The van der Waals surface area contributed by atoms with Crippen LogP contribution in [0.5, 0.6) is 5.75 Å². The summed E-state index contributed by atoms with van der Waals surface area (Å²) in [4.78, 5) is 27.1. The lowest BCUT2D eigenvalue weighted by Gasteiger charge is -2.06. The molecule has 0 aliphatic heterocycles. The van der Waals surface area contributed by atoms with Crippen molar-refractivity contribution in [2.75, 3.05) is 20.3 Å². The van der Waals surface area contributed by atoms with Crippen LogP contribution in [0, 0.1) is 0 Å². The molecule has 0 saturated heterocycles. The molecule has 2 N–H and O–H groups in total. The fourth-order valence-electron chi connectivity index (χ4n) is 1.28. The van der Waals surface area contributed by atoms with Crippen molar-refractivity contribution >= 4 is 11.8 Å². The summed E-state index contributed by atoms with van der Waals surface area (Å²) in [7, 11) is 1.33. The lowest BCUT2D eigenvalue weighted by Crippen LogP contribution is -2.36. The van der Waals surface area contributed by atoms with Crippen LogP contribution in [0.2, 0.25) is 0 Å². The zero-order chi connectivity index (χ0) is 13.4. The van der Waals surface area contributed by atoms with Crippen molar-refractivity contribution in [3.05, 3.63) is 29.8 Å². The van der Waals surface area contributed by atoms with Gasteiger partial charge < -0.3 is 10.1 Å². The quantitative estimate of drug-likeness (QED) is 0.722. The number of nitrogens with one attached hydrogen (secondary N) is 2. The summed E-state index contributed by atoms with van der Waals surface area (Å²) >= 11 is 0. The van der Waals surface area contributed by atoms with Gasteiger partial charge in [0.1, 0.15) is 5.75 Å². The molecule has 1 aromatic carbocycles. The molecule has 0 aromatic heterocycles. The summed E-state index contributed by atoms with van der Waals surface area (Å²) in [6.07, 6.45) is 0. The Hall–Kier alpha value is -2.08. The Morgan fingerprint density at radius 1 is 1.22 bits per heavy atom. The number of benzene rings is 1. The van der Waals surface area contributed by atoms with Crippen LogP contribution in [0.15, 0.2) is 24.3 Å². The summed E-state index contributed by atoms with van der Waals surface area (Å²) in [5, 5.41) is 2.46. The summed E-state index contributed by atoms with van der Waals surface area (Å²) in [6, 6.07) is 6.67. The molecule has 0 heterocycles. The number of amides is 2. The monoisotopic (exact) mass is 252 g/mol. The number of rotatable bonds is 6. The topological polar surface area (TPSA) is 76.7 Å². The molecule has 6 heteroatoms. The van der Waals surface area contributed by atoms with E-state index in [1.165, 1.54) is 7.11 Å². The summed E-state index contributed by atoms with van der Waals surface area (Å²) < 4.78 is 5.26.